The molecule has 0 aliphatic heterocycles. The zero-order valence-corrected chi connectivity index (χ0v) is 17.8. The van der Waals surface area contributed by atoms with E-state index in [0.717, 1.165) is 49.8 Å². The minimum Gasteiger partial charge on any atom is -0.305 e. The third-order valence-corrected chi connectivity index (χ3v) is 7.02. The van der Waals surface area contributed by atoms with E-state index < -0.39 is 15.9 Å². The lowest BCUT2D eigenvalue weighted by molar-refractivity contribution is 0.260. The van der Waals surface area contributed by atoms with Crippen molar-refractivity contribution < 1.29 is 9.00 Å². The second-order valence-electron chi connectivity index (χ2n) is 8.21. The fourth-order valence-corrected chi connectivity index (χ4v) is 5.45. The lowest BCUT2D eigenvalue weighted by Gasteiger charge is -2.15. The Hall–Kier alpha value is -2.22. The molecule has 2 aliphatic rings. The number of benzene rings is 2. The van der Waals surface area contributed by atoms with Crippen LogP contribution in [-0.4, -0.2) is 29.2 Å². The Balaban J connectivity index is 1.63. The number of fused-ring (bicyclic) bond motifs is 2. The van der Waals surface area contributed by atoms with Gasteiger partial charge in [-0.15, -0.1) is 4.36 Å². The van der Waals surface area contributed by atoms with Gasteiger partial charge in [-0.3, -0.25) is 0 Å². The average Bonchev–Trinajstić information content (AvgIpc) is 3.29. The quantitative estimate of drug-likeness (QED) is 0.803. The van der Waals surface area contributed by atoms with E-state index >= 15 is 0 Å². The predicted molar refractivity (Wildman–Crippen MR) is 116 cm³/mol. The van der Waals surface area contributed by atoms with E-state index in [4.69, 9.17) is 5.14 Å². The third kappa shape index (κ3) is 4.22. The van der Waals surface area contributed by atoms with Crippen LogP contribution < -0.4 is 10.5 Å². The summed E-state index contributed by atoms with van der Waals surface area (Å²) in [5, 5.41) is 8.95. The molecule has 1 atom stereocenters. The molecule has 0 bridgehead atoms. The highest BCUT2D eigenvalue weighted by molar-refractivity contribution is 7.91. The van der Waals surface area contributed by atoms with Crippen LogP contribution in [0.25, 0.3) is 0 Å². The summed E-state index contributed by atoms with van der Waals surface area (Å²) in [6.45, 7) is 0.692. The van der Waals surface area contributed by atoms with Gasteiger partial charge < -0.3 is 10.2 Å². The SMILES string of the molecule is CN(C)Cc1cccc([S@@](N)(=O)=NC(=O)Nc2c3c(cc4c2CCC4)CCC3)c1. The molecule has 4 rings (SSSR count). The first-order valence-corrected chi connectivity index (χ1v) is 11.7. The molecule has 2 aromatic carbocycles. The summed E-state index contributed by atoms with van der Waals surface area (Å²) in [6, 6.07) is 8.83. The number of nitrogens with zero attached hydrogens (tertiary/aromatic N) is 2. The largest absolute Gasteiger partial charge is 0.354 e. The molecule has 0 unspecified atom stereocenters. The summed E-state index contributed by atoms with van der Waals surface area (Å²) >= 11 is 0. The van der Waals surface area contributed by atoms with E-state index in [1.54, 1.807) is 18.2 Å². The minimum absolute atomic E-state index is 0.371. The number of hydrogen-bond donors (Lipinski definition) is 2. The number of carbonyl (C=O) groups is 1. The summed E-state index contributed by atoms with van der Waals surface area (Å²) in [5.41, 5.74) is 6.94. The van der Waals surface area contributed by atoms with E-state index in [1.807, 2.05) is 25.1 Å². The molecule has 6 nitrogen and oxygen atoms in total. The van der Waals surface area contributed by atoms with Gasteiger partial charge in [-0.1, -0.05) is 18.2 Å². The van der Waals surface area contributed by atoms with Crippen LogP contribution in [0.15, 0.2) is 39.6 Å². The second-order valence-corrected chi connectivity index (χ2v) is 10.0. The van der Waals surface area contributed by atoms with Crippen molar-refractivity contribution in [2.24, 2.45) is 9.50 Å². The molecule has 2 amide bonds. The number of nitrogens with one attached hydrogen (secondary N) is 1. The molecule has 29 heavy (non-hydrogen) atoms. The van der Waals surface area contributed by atoms with Crippen molar-refractivity contribution in [1.29, 1.82) is 0 Å². The zero-order valence-electron chi connectivity index (χ0n) is 17.0. The molecule has 0 spiro atoms. The van der Waals surface area contributed by atoms with Gasteiger partial charge in [0.25, 0.3) is 0 Å². The summed E-state index contributed by atoms with van der Waals surface area (Å²) in [6.07, 6.45) is 6.23. The molecule has 0 radical (unpaired) electrons. The van der Waals surface area contributed by atoms with Crippen LogP contribution in [0.3, 0.4) is 0 Å². The summed E-state index contributed by atoms with van der Waals surface area (Å²) in [7, 11) is 0.597. The summed E-state index contributed by atoms with van der Waals surface area (Å²) in [4.78, 5) is 15.1. The molecule has 154 valence electrons. The maximum absolute atomic E-state index is 13.0. The molecule has 3 N–H and O–H groups in total. The van der Waals surface area contributed by atoms with E-state index in [9.17, 15) is 9.00 Å². The molecule has 0 heterocycles. The van der Waals surface area contributed by atoms with Crippen LogP contribution in [0.4, 0.5) is 10.5 Å². The Morgan fingerprint density at radius 1 is 1.10 bits per heavy atom. The predicted octanol–water partition coefficient (Wildman–Crippen LogP) is 3.66. The zero-order chi connectivity index (χ0) is 20.6. The Bertz CT molecular complexity index is 1050. The number of hydrogen-bond acceptors (Lipinski definition) is 3. The maximum Gasteiger partial charge on any atom is 0.354 e. The number of carbonyl (C=O) groups excluding carboxylic acids is 1. The van der Waals surface area contributed by atoms with Crippen LogP contribution >= 0.6 is 0 Å². The fraction of sp³-hybridized carbons (Fsp3) is 0.409. The van der Waals surface area contributed by atoms with Gasteiger partial charge in [0.2, 0.25) is 0 Å². The molecule has 0 saturated heterocycles. The van der Waals surface area contributed by atoms with Gasteiger partial charge in [0.05, 0.1) is 4.90 Å². The molecule has 0 saturated carbocycles. The standard InChI is InChI=1S/C22H28N4O2S/c1-26(2)14-15-6-3-9-18(12-15)29(23,28)25-22(27)24-21-19-10-4-7-16(19)13-17-8-5-11-20(17)21/h3,6,9,12-13H,4-5,7-8,10-11,14H2,1-2H3,(H3,23,24,25,27,28)/t29-/m0/s1. The van der Waals surface area contributed by atoms with Crippen molar-refractivity contribution in [3.8, 4) is 0 Å². The third-order valence-electron chi connectivity index (χ3n) is 5.66. The van der Waals surface area contributed by atoms with E-state index in [0.29, 0.717) is 11.4 Å². The van der Waals surface area contributed by atoms with Gasteiger partial charge >= 0.3 is 6.03 Å². The van der Waals surface area contributed by atoms with Crippen molar-refractivity contribution in [2.45, 2.75) is 50.0 Å². The van der Waals surface area contributed by atoms with Gasteiger partial charge in [0.15, 0.2) is 0 Å². The van der Waals surface area contributed by atoms with E-state index in [-0.39, 0.29) is 0 Å². The molecular formula is C22H28N4O2S. The van der Waals surface area contributed by atoms with Gasteiger partial charge in [-0.05, 0) is 92.6 Å². The Morgan fingerprint density at radius 3 is 2.38 bits per heavy atom. The van der Waals surface area contributed by atoms with Crippen molar-refractivity contribution in [2.75, 3.05) is 19.4 Å². The number of rotatable bonds is 4. The molecule has 0 aromatic heterocycles. The molecular weight excluding hydrogens is 384 g/mol. The number of aryl methyl sites for hydroxylation is 2. The lowest BCUT2D eigenvalue weighted by Crippen LogP contribution is -2.19. The second kappa shape index (κ2) is 7.89. The number of anilines is 1. The van der Waals surface area contributed by atoms with Crippen molar-refractivity contribution in [3.05, 3.63) is 58.1 Å². The fourth-order valence-electron chi connectivity index (χ4n) is 4.46. The van der Waals surface area contributed by atoms with E-state index in [2.05, 4.69) is 15.7 Å². The van der Waals surface area contributed by atoms with Crippen LogP contribution in [-0.2, 0) is 42.1 Å². The first kappa shape index (κ1) is 20.1. The average molecular weight is 413 g/mol. The first-order chi connectivity index (χ1) is 13.8. The van der Waals surface area contributed by atoms with Gasteiger partial charge in [-0.25, -0.2) is 14.1 Å². The van der Waals surface area contributed by atoms with Crippen molar-refractivity contribution in [1.82, 2.24) is 4.90 Å². The number of urea groups is 1. The highest BCUT2D eigenvalue weighted by atomic mass is 32.2. The lowest BCUT2D eigenvalue weighted by atomic mass is 9.99. The van der Waals surface area contributed by atoms with Crippen LogP contribution in [0.1, 0.15) is 40.7 Å². The summed E-state index contributed by atoms with van der Waals surface area (Å²) < 4.78 is 16.9. The van der Waals surface area contributed by atoms with Crippen LogP contribution in [0.2, 0.25) is 0 Å². The van der Waals surface area contributed by atoms with Gasteiger partial charge in [0, 0.05) is 12.2 Å². The highest BCUT2D eigenvalue weighted by Crippen LogP contribution is 2.38. The first-order valence-electron chi connectivity index (χ1n) is 10.1. The number of amides is 2. The molecule has 2 aliphatic carbocycles. The number of nitrogens with two attached hydrogens (primary N) is 1. The Kier molecular flexibility index (Phi) is 5.46. The molecule has 7 heteroatoms. The van der Waals surface area contributed by atoms with Crippen LogP contribution in [0.5, 0.6) is 0 Å². The van der Waals surface area contributed by atoms with Gasteiger partial charge in [0.1, 0.15) is 9.92 Å². The highest BCUT2D eigenvalue weighted by Gasteiger charge is 2.25. The normalized spacial score (nSPS) is 17.0. The van der Waals surface area contributed by atoms with Gasteiger partial charge in [-0.2, -0.15) is 0 Å². The topological polar surface area (TPSA) is 87.8 Å². The Labute approximate surface area is 172 Å². The molecule has 0 fully saturated rings. The van der Waals surface area contributed by atoms with E-state index in [1.165, 1.54) is 22.3 Å². The van der Waals surface area contributed by atoms with Crippen molar-refractivity contribution in [3.63, 3.8) is 0 Å². The Morgan fingerprint density at radius 2 is 1.76 bits per heavy atom. The summed E-state index contributed by atoms with van der Waals surface area (Å²) in [5.74, 6) is 0. The van der Waals surface area contributed by atoms with Crippen LogP contribution in [0, 0.1) is 0 Å². The monoisotopic (exact) mass is 412 g/mol. The molecule has 2 aromatic rings. The smallest absolute Gasteiger partial charge is 0.305 e. The minimum atomic E-state index is -3.32. The maximum atomic E-state index is 13.0. The van der Waals surface area contributed by atoms with Crippen molar-refractivity contribution >= 4 is 21.6 Å².